The fourth-order valence-electron chi connectivity index (χ4n) is 5.30. The summed E-state index contributed by atoms with van der Waals surface area (Å²) in [5, 5.41) is 10.3. The molecule has 220 valence electrons. The van der Waals surface area contributed by atoms with E-state index in [-0.39, 0.29) is 47.3 Å². The molecule has 1 aliphatic rings. The number of Topliss-reactive ketones (excluding diaryl/α,β-unsaturated/α-hetero) is 1. The number of β-amino-alcohol motifs (C(OH)–C–C–N with tert-alkyl or cyclic N) is 1. The lowest BCUT2D eigenvalue weighted by Crippen LogP contribution is -2.32. The highest BCUT2D eigenvalue weighted by atomic mass is 32.2. The number of aliphatic hydroxyl groups excluding tert-OH is 1. The maximum atomic E-state index is 13.7. The Bertz CT molecular complexity index is 1770. The third kappa shape index (κ3) is 5.66. The third-order valence-electron chi connectivity index (χ3n) is 7.34. The van der Waals surface area contributed by atoms with Gasteiger partial charge in [-0.05, 0) is 54.4 Å². The van der Waals surface area contributed by atoms with Crippen molar-refractivity contribution < 1.29 is 36.3 Å². The Morgan fingerprint density at radius 1 is 1.10 bits per heavy atom. The van der Waals surface area contributed by atoms with Crippen LogP contribution in [0.2, 0.25) is 0 Å². The van der Waals surface area contributed by atoms with Crippen molar-refractivity contribution in [2.24, 2.45) is 0 Å². The average molecular weight is 597 g/mol. The van der Waals surface area contributed by atoms with Gasteiger partial charge >= 0.3 is 0 Å². The first-order valence-corrected chi connectivity index (χ1v) is 15.4. The molecule has 1 atom stereocenters. The number of hydrogen-bond donors (Lipinski definition) is 1. The molecule has 5 rings (SSSR count). The molecule has 0 bridgehead atoms. The smallest absolute Gasteiger partial charge is 0.253 e. The van der Waals surface area contributed by atoms with Crippen LogP contribution in [0.1, 0.15) is 40.5 Å². The summed E-state index contributed by atoms with van der Waals surface area (Å²) < 4.78 is 60.1. The van der Waals surface area contributed by atoms with Crippen molar-refractivity contribution >= 4 is 38.4 Å². The van der Waals surface area contributed by atoms with E-state index in [9.17, 15) is 31.9 Å². The Kier molecular flexibility index (Phi) is 8.16. The normalized spacial score (nSPS) is 15.4. The van der Waals surface area contributed by atoms with Gasteiger partial charge in [0.25, 0.3) is 5.91 Å². The standard InChI is InChI=1S/C31H30F2N2O6S/c1-3-27(37)29-25-16-24(20-5-4-6-21(15-20)31(38)34-13-11-23(36)18-34)26(35(14-12-32)42(2,39)40)17-28(25)41-30(29)19-7-9-22(33)10-8-19/h4-10,15-17,23,36H,3,11-14,18H2,1-2H3. The number of benzene rings is 3. The van der Waals surface area contributed by atoms with Crippen LogP contribution in [0, 0.1) is 5.82 Å². The Hall–Kier alpha value is -4.09. The van der Waals surface area contributed by atoms with Crippen LogP contribution in [0.5, 0.6) is 0 Å². The molecular formula is C31H30F2N2O6S. The zero-order chi connectivity index (χ0) is 30.2. The lowest BCUT2D eigenvalue weighted by molar-refractivity contribution is 0.0765. The molecule has 1 fully saturated rings. The molecule has 42 heavy (non-hydrogen) atoms. The second-order valence-corrected chi connectivity index (χ2v) is 12.2. The summed E-state index contributed by atoms with van der Waals surface area (Å²) in [6.07, 6.45) is 0.987. The molecule has 2 heterocycles. The van der Waals surface area contributed by atoms with Crippen LogP contribution in [0.25, 0.3) is 33.4 Å². The van der Waals surface area contributed by atoms with E-state index in [1.165, 1.54) is 30.3 Å². The SMILES string of the molecule is CCC(=O)c1c(-c2ccc(F)cc2)oc2cc(N(CCF)S(C)(=O)=O)c(-c3cccc(C(=O)N4CCC(O)C4)c3)cc12. The molecule has 1 saturated heterocycles. The van der Waals surface area contributed by atoms with Gasteiger partial charge in [-0.1, -0.05) is 19.1 Å². The van der Waals surface area contributed by atoms with E-state index >= 15 is 0 Å². The number of ketones is 1. The zero-order valence-corrected chi connectivity index (χ0v) is 24.0. The van der Waals surface area contributed by atoms with E-state index in [4.69, 9.17) is 4.42 Å². The maximum Gasteiger partial charge on any atom is 0.253 e. The molecular weight excluding hydrogens is 566 g/mol. The van der Waals surface area contributed by atoms with Gasteiger partial charge in [0.1, 0.15) is 23.8 Å². The van der Waals surface area contributed by atoms with Crippen molar-refractivity contribution in [3.8, 4) is 22.5 Å². The molecule has 0 radical (unpaired) electrons. The second kappa shape index (κ2) is 11.7. The molecule has 4 aromatic rings. The summed E-state index contributed by atoms with van der Waals surface area (Å²) in [6, 6.07) is 15.1. The van der Waals surface area contributed by atoms with Gasteiger partial charge in [-0.25, -0.2) is 17.2 Å². The van der Waals surface area contributed by atoms with Crippen molar-refractivity contribution in [2.75, 3.05) is 36.9 Å². The number of hydrogen-bond acceptors (Lipinski definition) is 6. The quantitative estimate of drug-likeness (QED) is 0.258. The van der Waals surface area contributed by atoms with Gasteiger partial charge in [-0.15, -0.1) is 0 Å². The largest absolute Gasteiger partial charge is 0.455 e. The monoisotopic (exact) mass is 596 g/mol. The van der Waals surface area contributed by atoms with Gasteiger partial charge in [0, 0.05) is 47.7 Å². The summed E-state index contributed by atoms with van der Waals surface area (Å²) in [5.74, 6) is -0.793. The van der Waals surface area contributed by atoms with Crippen molar-refractivity contribution in [3.63, 3.8) is 0 Å². The first-order valence-electron chi connectivity index (χ1n) is 13.5. The van der Waals surface area contributed by atoms with E-state index < -0.39 is 35.2 Å². The molecule has 1 amide bonds. The molecule has 0 aliphatic carbocycles. The summed E-state index contributed by atoms with van der Waals surface area (Å²) in [7, 11) is -3.97. The highest BCUT2D eigenvalue weighted by Gasteiger charge is 2.29. The number of carbonyl (C=O) groups is 2. The first-order chi connectivity index (χ1) is 20.0. The average Bonchev–Trinajstić information content (AvgIpc) is 3.57. The summed E-state index contributed by atoms with van der Waals surface area (Å²) >= 11 is 0. The van der Waals surface area contributed by atoms with Crippen molar-refractivity contribution in [1.29, 1.82) is 0 Å². The Morgan fingerprint density at radius 3 is 2.45 bits per heavy atom. The number of likely N-dealkylation sites (tertiary alicyclic amines) is 1. The number of halogens is 2. The van der Waals surface area contributed by atoms with E-state index in [0.29, 0.717) is 40.6 Å². The van der Waals surface area contributed by atoms with Crippen LogP contribution in [-0.4, -0.2) is 68.8 Å². The molecule has 1 aromatic heterocycles. The number of rotatable bonds is 9. The zero-order valence-electron chi connectivity index (χ0n) is 23.1. The lowest BCUT2D eigenvalue weighted by Gasteiger charge is -2.24. The second-order valence-electron chi connectivity index (χ2n) is 10.3. The van der Waals surface area contributed by atoms with Crippen LogP contribution in [-0.2, 0) is 10.0 Å². The van der Waals surface area contributed by atoms with E-state index in [1.54, 1.807) is 42.2 Å². The number of anilines is 1. The number of nitrogens with zero attached hydrogens (tertiary/aromatic N) is 2. The van der Waals surface area contributed by atoms with Gasteiger partial charge in [0.2, 0.25) is 10.0 Å². The summed E-state index contributed by atoms with van der Waals surface area (Å²) in [4.78, 5) is 28.0. The number of aliphatic hydroxyl groups is 1. The van der Waals surface area contributed by atoms with E-state index in [0.717, 1.165) is 10.6 Å². The van der Waals surface area contributed by atoms with E-state index in [2.05, 4.69) is 0 Å². The van der Waals surface area contributed by atoms with Gasteiger partial charge in [-0.3, -0.25) is 13.9 Å². The van der Waals surface area contributed by atoms with E-state index in [1.807, 2.05) is 0 Å². The Morgan fingerprint density at radius 2 is 1.83 bits per heavy atom. The van der Waals surface area contributed by atoms with Gasteiger partial charge in [0.05, 0.1) is 30.2 Å². The molecule has 0 spiro atoms. The lowest BCUT2D eigenvalue weighted by atomic mass is 9.95. The number of amides is 1. The van der Waals surface area contributed by atoms with Gasteiger partial charge < -0.3 is 14.4 Å². The Balaban J connectivity index is 1.76. The highest BCUT2D eigenvalue weighted by molar-refractivity contribution is 7.92. The van der Waals surface area contributed by atoms with Gasteiger partial charge in [0.15, 0.2) is 5.78 Å². The van der Waals surface area contributed by atoms with Crippen LogP contribution < -0.4 is 4.31 Å². The molecule has 3 aromatic carbocycles. The van der Waals surface area contributed by atoms with Crippen molar-refractivity contribution in [1.82, 2.24) is 4.90 Å². The minimum Gasteiger partial charge on any atom is -0.455 e. The number of carbonyl (C=O) groups excluding carboxylic acids is 2. The van der Waals surface area contributed by atoms with Crippen LogP contribution in [0.15, 0.2) is 65.1 Å². The number of fused-ring (bicyclic) bond motifs is 1. The van der Waals surface area contributed by atoms with Gasteiger partial charge in [-0.2, -0.15) is 0 Å². The minimum absolute atomic E-state index is 0.110. The van der Waals surface area contributed by atoms with Crippen LogP contribution >= 0.6 is 0 Å². The van der Waals surface area contributed by atoms with Crippen LogP contribution in [0.3, 0.4) is 0 Å². The van der Waals surface area contributed by atoms with Crippen LogP contribution in [0.4, 0.5) is 14.5 Å². The fourth-order valence-corrected chi connectivity index (χ4v) is 6.21. The predicted molar refractivity (Wildman–Crippen MR) is 156 cm³/mol. The molecule has 11 heteroatoms. The third-order valence-corrected chi connectivity index (χ3v) is 8.52. The molecule has 1 N–H and O–H groups in total. The first kappa shape index (κ1) is 29.4. The number of alkyl halides is 1. The summed E-state index contributed by atoms with van der Waals surface area (Å²) in [5.41, 5.74) is 2.14. The Labute approximate surface area is 242 Å². The predicted octanol–water partition coefficient (Wildman–Crippen LogP) is 5.44. The highest BCUT2D eigenvalue weighted by Crippen LogP contribution is 2.42. The molecule has 1 unspecified atom stereocenters. The van der Waals surface area contributed by atoms with Crippen molar-refractivity contribution in [2.45, 2.75) is 25.9 Å². The topological polar surface area (TPSA) is 108 Å². The molecule has 1 aliphatic heterocycles. The molecule has 0 saturated carbocycles. The minimum atomic E-state index is -3.97. The molecule has 8 nitrogen and oxygen atoms in total. The summed E-state index contributed by atoms with van der Waals surface area (Å²) in [6.45, 7) is 0.889. The fraction of sp³-hybridized carbons (Fsp3) is 0.290. The number of sulfonamides is 1. The van der Waals surface area contributed by atoms with Crippen molar-refractivity contribution in [3.05, 3.63) is 77.6 Å². The number of furan rings is 1. The maximum absolute atomic E-state index is 13.7.